The highest BCUT2D eigenvalue weighted by molar-refractivity contribution is 5.34. The topological polar surface area (TPSA) is 8.72 Å². The minimum absolute atomic E-state index is 0.125. The quantitative estimate of drug-likeness (QED) is 0.354. The molecule has 0 aromatic rings. The van der Waals surface area contributed by atoms with Crippen molar-refractivity contribution in [3.63, 3.8) is 0 Å². The molecular formula is C6H4N2. The predicted molar refractivity (Wildman–Crippen MR) is 31.5 cm³/mol. The van der Waals surface area contributed by atoms with Gasteiger partial charge in [-0.3, -0.25) is 9.69 Å². The largest absolute Gasteiger partial charge is 0.251 e. The molecule has 0 aliphatic heterocycles. The molecule has 0 spiro atoms. The number of rotatable bonds is 1. The second-order valence-corrected chi connectivity index (χ2v) is 1.12. The number of hydrogen-bond donors (Lipinski definition) is 0. The van der Waals surface area contributed by atoms with Crippen LogP contribution in [-0.2, 0) is 0 Å². The highest BCUT2D eigenvalue weighted by Crippen LogP contribution is 2.05. The van der Waals surface area contributed by atoms with Crippen LogP contribution in [0, 0.1) is 13.1 Å². The Morgan fingerprint density at radius 1 is 1.00 bits per heavy atom. The van der Waals surface area contributed by atoms with E-state index in [0.717, 1.165) is 0 Å². The lowest BCUT2D eigenvalue weighted by molar-refractivity contribution is 1.61. The Kier molecular flexibility index (Phi) is 2.10. The van der Waals surface area contributed by atoms with Crippen LogP contribution in [0.1, 0.15) is 0 Å². The normalized spacial score (nSPS) is 6.25. The zero-order valence-electron chi connectivity index (χ0n) is 4.31. The van der Waals surface area contributed by atoms with E-state index in [1.165, 1.54) is 0 Å². The van der Waals surface area contributed by atoms with Crippen LogP contribution in [0.3, 0.4) is 0 Å². The lowest BCUT2D eigenvalue weighted by atomic mass is 10.4. The average Bonchev–Trinajstić information content (AvgIpc) is 1.84. The summed E-state index contributed by atoms with van der Waals surface area (Å²) in [5, 5.41) is 0. The van der Waals surface area contributed by atoms with Crippen LogP contribution in [0.15, 0.2) is 24.6 Å². The summed E-state index contributed by atoms with van der Waals surface area (Å²) < 4.78 is 0. The van der Waals surface area contributed by atoms with Crippen molar-refractivity contribution in [1.29, 1.82) is 0 Å². The second-order valence-electron chi connectivity index (χ2n) is 1.12. The van der Waals surface area contributed by atoms with Gasteiger partial charge in [-0.05, 0) is 0 Å². The van der Waals surface area contributed by atoms with Gasteiger partial charge in [-0.15, -0.1) is 13.2 Å². The smallest absolute Gasteiger partial charge is 0.186 e. The lowest BCUT2D eigenvalue weighted by Gasteiger charge is -1.82. The molecule has 0 fully saturated rings. The van der Waals surface area contributed by atoms with Crippen LogP contribution >= 0.6 is 0 Å². The fourth-order valence-electron chi connectivity index (χ4n) is 0.129. The summed E-state index contributed by atoms with van der Waals surface area (Å²) in [6.45, 7) is 19.3. The Labute approximate surface area is 48.4 Å². The monoisotopic (exact) mass is 104 g/mol. The molecule has 2 nitrogen and oxygen atoms in total. The van der Waals surface area contributed by atoms with Crippen LogP contribution in [0.5, 0.6) is 0 Å². The second kappa shape index (κ2) is 2.60. The first-order valence-electron chi connectivity index (χ1n) is 1.85. The maximum absolute atomic E-state index is 6.36. The van der Waals surface area contributed by atoms with E-state index in [9.17, 15) is 0 Å². The van der Waals surface area contributed by atoms with Gasteiger partial charge in [0.15, 0.2) is 11.4 Å². The van der Waals surface area contributed by atoms with Crippen LogP contribution in [0.4, 0.5) is 0 Å². The molecule has 0 amide bonds. The first-order valence-corrected chi connectivity index (χ1v) is 1.85. The summed E-state index contributed by atoms with van der Waals surface area (Å²) in [6.07, 6.45) is 0. The molecule has 0 N–H and O–H groups in total. The van der Waals surface area contributed by atoms with E-state index in [1.54, 1.807) is 0 Å². The molecule has 0 radical (unpaired) electrons. The summed E-state index contributed by atoms with van der Waals surface area (Å²) in [4.78, 5) is 5.80. The van der Waals surface area contributed by atoms with Gasteiger partial charge in [-0.25, -0.2) is 0 Å². The minimum atomic E-state index is 0.125. The van der Waals surface area contributed by atoms with Crippen molar-refractivity contribution in [2.45, 2.75) is 0 Å². The third-order valence-electron chi connectivity index (χ3n) is 0.603. The fourth-order valence-corrected chi connectivity index (χ4v) is 0.129. The van der Waals surface area contributed by atoms with Crippen LogP contribution in [-0.4, -0.2) is 0 Å². The van der Waals surface area contributed by atoms with Gasteiger partial charge in [0.2, 0.25) is 0 Å². The summed E-state index contributed by atoms with van der Waals surface area (Å²) in [5.74, 6) is 0. The SMILES string of the molecule is [C-]#[N+]C(=C)C(=C)[N+]#[C-]. The minimum Gasteiger partial charge on any atom is -0.251 e. The Balaban J connectivity index is 4.16. The van der Waals surface area contributed by atoms with Gasteiger partial charge in [0, 0.05) is 0 Å². The Morgan fingerprint density at radius 3 is 1.38 bits per heavy atom. The molecule has 0 aromatic carbocycles. The van der Waals surface area contributed by atoms with E-state index in [0.29, 0.717) is 0 Å². The molecule has 2 heteroatoms. The van der Waals surface area contributed by atoms with Crippen molar-refractivity contribution in [3.8, 4) is 0 Å². The number of hydrogen-bond acceptors (Lipinski definition) is 0. The molecule has 38 valence electrons. The van der Waals surface area contributed by atoms with E-state index in [4.69, 9.17) is 13.1 Å². The molecule has 0 aliphatic carbocycles. The van der Waals surface area contributed by atoms with Crippen LogP contribution < -0.4 is 0 Å². The Morgan fingerprint density at radius 2 is 1.25 bits per heavy atom. The van der Waals surface area contributed by atoms with Gasteiger partial charge in [0.25, 0.3) is 0 Å². The molecule has 0 rings (SSSR count). The maximum atomic E-state index is 6.36. The van der Waals surface area contributed by atoms with Crippen molar-refractivity contribution in [2.24, 2.45) is 0 Å². The zero-order valence-corrected chi connectivity index (χ0v) is 4.31. The van der Waals surface area contributed by atoms with E-state index in [-0.39, 0.29) is 11.4 Å². The van der Waals surface area contributed by atoms with E-state index < -0.39 is 0 Å². The van der Waals surface area contributed by atoms with Gasteiger partial charge in [-0.1, -0.05) is 0 Å². The van der Waals surface area contributed by atoms with Gasteiger partial charge in [0.1, 0.15) is 0 Å². The molecule has 0 heterocycles. The first kappa shape index (κ1) is 6.46. The Bertz CT molecular complexity index is 176. The molecular weight excluding hydrogens is 100 g/mol. The lowest BCUT2D eigenvalue weighted by Crippen LogP contribution is -1.68. The third-order valence-corrected chi connectivity index (χ3v) is 0.603. The van der Waals surface area contributed by atoms with Crippen molar-refractivity contribution in [3.05, 3.63) is 47.4 Å². The zero-order chi connectivity index (χ0) is 6.57. The molecule has 0 aromatic heterocycles. The molecule has 8 heavy (non-hydrogen) atoms. The van der Waals surface area contributed by atoms with Crippen molar-refractivity contribution < 1.29 is 0 Å². The van der Waals surface area contributed by atoms with E-state index in [1.807, 2.05) is 0 Å². The fraction of sp³-hybridized carbons (Fsp3) is 0. The predicted octanol–water partition coefficient (Wildman–Crippen LogP) is 1.85. The summed E-state index contributed by atoms with van der Waals surface area (Å²) in [6, 6.07) is 0. The molecule has 0 saturated carbocycles. The third kappa shape index (κ3) is 1.28. The van der Waals surface area contributed by atoms with E-state index in [2.05, 4.69) is 22.8 Å². The van der Waals surface area contributed by atoms with Crippen molar-refractivity contribution >= 4 is 0 Å². The molecule has 0 atom stereocenters. The van der Waals surface area contributed by atoms with Gasteiger partial charge in [0.05, 0.1) is 13.1 Å². The van der Waals surface area contributed by atoms with Gasteiger partial charge < -0.3 is 0 Å². The van der Waals surface area contributed by atoms with Crippen LogP contribution in [0.2, 0.25) is 0 Å². The first-order chi connectivity index (χ1) is 3.72. The summed E-state index contributed by atoms with van der Waals surface area (Å²) in [7, 11) is 0. The van der Waals surface area contributed by atoms with Gasteiger partial charge in [-0.2, -0.15) is 0 Å². The maximum Gasteiger partial charge on any atom is 0.186 e. The van der Waals surface area contributed by atoms with Crippen molar-refractivity contribution in [1.82, 2.24) is 0 Å². The summed E-state index contributed by atoms with van der Waals surface area (Å²) >= 11 is 0. The summed E-state index contributed by atoms with van der Waals surface area (Å²) in [5.41, 5.74) is 0.250. The number of nitrogens with zero attached hydrogens (tertiary/aromatic N) is 2. The average molecular weight is 104 g/mol. The van der Waals surface area contributed by atoms with E-state index >= 15 is 0 Å². The van der Waals surface area contributed by atoms with Gasteiger partial charge >= 0.3 is 0 Å². The standard InChI is InChI=1S/C6H4N2/c1-5(7-3)6(2)8-4/h1-2H2. The molecule has 0 bridgehead atoms. The highest BCUT2D eigenvalue weighted by atomic mass is 14.8. The Hall–Kier alpha value is -1.54. The van der Waals surface area contributed by atoms with Crippen molar-refractivity contribution in [2.75, 3.05) is 0 Å². The van der Waals surface area contributed by atoms with Crippen LogP contribution in [0.25, 0.3) is 9.69 Å². The highest BCUT2D eigenvalue weighted by Gasteiger charge is 1.93. The molecule has 0 saturated heterocycles. The molecule has 0 unspecified atom stereocenters. The molecule has 0 aliphatic rings.